The number of hydrogen-bond acceptors (Lipinski definition) is 3. The lowest BCUT2D eigenvalue weighted by atomic mass is 9.81. The van der Waals surface area contributed by atoms with Crippen LogP contribution in [0.1, 0.15) is 40.7 Å². The van der Waals surface area contributed by atoms with Gasteiger partial charge in [0.2, 0.25) is 11.8 Å². The summed E-state index contributed by atoms with van der Waals surface area (Å²) >= 11 is 0. The molecule has 1 heterocycles. The van der Waals surface area contributed by atoms with Crippen LogP contribution in [0, 0.1) is 37.5 Å². The van der Waals surface area contributed by atoms with E-state index in [1.54, 1.807) is 24.3 Å². The van der Waals surface area contributed by atoms with Gasteiger partial charge in [-0.25, -0.2) is 4.90 Å². The van der Waals surface area contributed by atoms with E-state index in [4.69, 9.17) is 0 Å². The molecule has 1 N–H and O–H groups in total. The maximum Gasteiger partial charge on any atom is 0.257 e. The second kappa shape index (κ2) is 6.55. The third kappa shape index (κ3) is 2.71. The van der Waals surface area contributed by atoms with Crippen LogP contribution in [0.2, 0.25) is 0 Å². The predicted octanol–water partition coefficient (Wildman–Crippen LogP) is 4.09. The number of nitrogens with zero attached hydrogens (tertiary/aromatic N) is 1. The molecule has 0 spiro atoms. The number of aryl methyl sites for hydroxylation is 2. The number of imide groups is 1. The number of fused-ring (bicyclic) bond motifs is 5. The molecule has 2 bridgehead atoms. The highest BCUT2D eigenvalue weighted by Gasteiger charge is 2.61. The van der Waals surface area contributed by atoms with Gasteiger partial charge in [-0.2, -0.15) is 0 Å². The Morgan fingerprint density at radius 1 is 0.931 bits per heavy atom. The second-order valence-corrected chi connectivity index (χ2v) is 8.67. The molecular formula is C24H24N2O3. The van der Waals surface area contributed by atoms with E-state index in [2.05, 4.69) is 5.32 Å². The highest BCUT2D eigenvalue weighted by Crippen LogP contribution is 2.56. The SMILES string of the molecule is Cc1ccc(NC(=O)c2ccccc2N2C(=O)[C@H]3[C@H]4CC[C@@H](C4)[C@@H]3C2=O)cc1C. The lowest BCUT2D eigenvalue weighted by molar-refractivity contribution is -0.123. The summed E-state index contributed by atoms with van der Waals surface area (Å²) in [6.45, 7) is 4.01. The van der Waals surface area contributed by atoms with Crippen molar-refractivity contribution in [1.82, 2.24) is 0 Å². The first-order valence-electron chi connectivity index (χ1n) is 10.3. The number of carbonyl (C=O) groups excluding carboxylic acids is 3. The van der Waals surface area contributed by atoms with E-state index in [0.29, 0.717) is 28.8 Å². The summed E-state index contributed by atoms with van der Waals surface area (Å²) < 4.78 is 0. The van der Waals surface area contributed by atoms with Gasteiger partial charge in [0, 0.05) is 5.69 Å². The Morgan fingerprint density at radius 2 is 1.59 bits per heavy atom. The van der Waals surface area contributed by atoms with Gasteiger partial charge in [-0.05, 0) is 80.3 Å². The van der Waals surface area contributed by atoms with Crippen LogP contribution in [0.15, 0.2) is 42.5 Å². The molecule has 0 radical (unpaired) electrons. The van der Waals surface area contributed by atoms with Crippen LogP contribution in [0.5, 0.6) is 0 Å². The molecule has 2 aromatic carbocycles. The fourth-order valence-corrected chi connectivity index (χ4v) is 5.52. The van der Waals surface area contributed by atoms with Crippen molar-refractivity contribution in [2.24, 2.45) is 23.7 Å². The van der Waals surface area contributed by atoms with Crippen LogP contribution >= 0.6 is 0 Å². The molecule has 2 aromatic rings. The van der Waals surface area contributed by atoms with Crippen molar-refractivity contribution in [3.8, 4) is 0 Å². The van der Waals surface area contributed by atoms with Crippen molar-refractivity contribution in [3.63, 3.8) is 0 Å². The van der Waals surface area contributed by atoms with E-state index in [1.165, 1.54) is 4.90 Å². The number of para-hydroxylation sites is 1. The zero-order valence-corrected chi connectivity index (χ0v) is 16.6. The minimum atomic E-state index is -0.315. The minimum absolute atomic E-state index is 0.126. The molecule has 148 valence electrons. The first-order chi connectivity index (χ1) is 14.0. The number of hydrogen-bond donors (Lipinski definition) is 1. The molecule has 5 rings (SSSR count). The topological polar surface area (TPSA) is 66.5 Å². The van der Waals surface area contributed by atoms with Crippen molar-refractivity contribution in [3.05, 3.63) is 59.2 Å². The van der Waals surface area contributed by atoms with Gasteiger partial charge in [0.1, 0.15) is 0 Å². The molecule has 2 saturated carbocycles. The zero-order valence-electron chi connectivity index (χ0n) is 16.6. The Labute approximate surface area is 170 Å². The zero-order chi connectivity index (χ0) is 20.3. The normalized spacial score (nSPS) is 27.4. The molecule has 29 heavy (non-hydrogen) atoms. The molecule has 3 fully saturated rings. The highest BCUT2D eigenvalue weighted by molar-refractivity contribution is 6.25. The Balaban J connectivity index is 1.47. The number of carbonyl (C=O) groups is 3. The molecule has 1 aliphatic heterocycles. The number of rotatable bonds is 3. The molecule has 3 amide bonds. The van der Waals surface area contributed by atoms with E-state index in [0.717, 1.165) is 30.4 Å². The third-order valence-corrected chi connectivity index (χ3v) is 7.08. The van der Waals surface area contributed by atoms with E-state index in [9.17, 15) is 14.4 Å². The van der Waals surface area contributed by atoms with Gasteiger partial charge in [0.15, 0.2) is 0 Å². The number of amides is 3. The van der Waals surface area contributed by atoms with E-state index in [1.807, 2.05) is 32.0 Å². The fourth-order valence-electron chi connectivity index (χ4n) is 5.52. The predicted molar refractivity (Wildman–Crippen MR) is 111 cm³/mol. The van der Waals surface area contributed by atoms with Crippen LogP contribution < -0.4 is 10.2 Å². The van der Waals surface area contributed by atoms with Crippen LogP contribution in [0.4, 0.5) is 11.4 Å². The smallest absolute Gasteiger partial charge is 0.257 e. The quantitative estimate of drug-likeness (QED) is 0.806. The molecule has 0 unspecified atom stereocenters. The maximum atomic E-state index is 13.2. The first kappa shape index (κ1) is 18.1. The number of nitrogens with one attached hydrogen (secondary N) is 1. The summed E-state index contributed by atoms with van der Waals surface area (Å²) in [4.78, 5) is 40.7. The summed E-state index contributed by atoms with van der Waals surface area (Å²) in [6, 6.07) is 12.6. The van der Waals surface area contributed by atoms with Gasteiger partial charge >= 0.3 is 0 Å². The van der Waals surface area contributed by atoms with Crippen LogP contribution in [-0.2, 0) is 9.59 Å². The minimum Gasteiger partial charge on any atom is -0.322 e. The molecule has 0 aromatic heterocycles. The molecule has 2 aliphatic carbocycles. The molecule has 1 saturated heterocycles. The van der Waals surface area contributed by atoms with Gasteiger partial charge < -0.3 is 5.32 Å². The lowest BCUT2D eigenvalue weighted by Gasteiger charge is -2.20. The molecule has 5 nitrogen and oxygen atoms in total. The average Bonchev–Trinajstić information content (AvgIpc) is 3.39. The van der Waals surface area contributed by atoms with Gasteiger partial charge in [-0.3, -0.25) is 14.4 Å². The largest absolute Gasteiger partial charge is 0.322 e. The van der Waals surface area contributed by atoms with Crippen molar-refractivity contribution in [2.75, 3.05) is 10.2 Å². The van der Waals surface area contributed by atoms with Crippen molar-refractivity contribution < 1.29 is 14.4 Å². The Morgan fingerprint density at radius 3 is 2.24 bits per heavy atom. The van der Waals surface area contributed by atoms with Crippen molar-refractivity contribution in [2.45, 2.75) is 33.1 Å². The van der Waals surface area contributed by atoms with Crippen molar-refractivity contribution >= 4 is 29.1 Å². The molecule has 5 heteroatoms. The standard InChI is InChI=1S/C24H24N2O3/c1-13-7-10-17(11-14(13)2)25-22(27)18-5-3-4-6-19(18)26-23(28)20-15-8-9-16(12-15)21(20)24(26)29/h3-7,10-11,15-16,20-21H,8-9,12H2,1-2H3,(H,25,27)/t15-,16-,20-,21-/m0/s1. The monoisotopic (exact) mass is 388 g/mol. The summed E-state index contributed by atoms with van der Waals surface area (Å²) in [7, 11) is 0. The average molecular weight is 388 g/mol. The maximum absolute atomic E-state index is 13.2. The molecular weight excluding hydrogens is 364 g/mol. The number of anilines is 2. The van der Waals surface area contributed by atoms with Crippen molar-refractivity contribution in [1.29, 1.82) is 0 Å². The van der Waals surface area contributed by atoms with E-state index in [-0.39, 0.29) is 29.6 Å². The summed E-state index contributed by atoms with van der Waals surface area (Å²) in [5.74, 6) is -0.318. The Bertz CT molecular complexity index is 1020. The Kier molecular flexibility index (Phi) is 4.09. The lowest BCUT2D eigenvalue weighted by Crippen LogP contribution is -2.34. The third-order valence-electron chi connectivity index (χ3n) is 7.08. The van der Waals surface area contributed by atoms with Gasteiger partial charge in [0.25, 0.3) is 5.91 Å². The summed E-state index contributed by atoms with van der Waals surface area (Å²) in [6.07, 6.45) is 3.07. The molecule has 3 aliphatic rings. The van der Waals surface area contributed by atoms with Crippen LogP contribution in [0.3, 0.4) is 0 Å². The Hall–Kier alpha value is -2.95. The van der Waals surface area contributed by atoms with E-state index >= 15 is 0 Å². The van der Waals surface area contributed by atoms with Gasteiger partial charge in [-0.1, -0.05) is 18.2 Å². The highest BCUT2D eigenvalue weighted by atomic mass is 16.2. The fraction of sp³-hybridized carbons (Fsp3) is 0.375. The van der Waals surface area contributed by atoms with E-state index < -0.39 is 0 Å². The number of benzene rings is 2. The second-order valence-electron chi connectivity index (χ2n) is 8.67. The molecule has 4 atom stereocenters. The first-order valence-corrected chi connectivity index (χ1v) is 10.3. The van der Waals surface area contributed by atoms with Gasteiger partial charge in [0.05, 0.1) is 23.1 Å². The van der Waals surface area contributed by atoms with Gasteiger partial charge in [-0.15, -0.1) is 0 Å². The summed E-state index contributed by atoms with van der Waals surface area (Å²) in [5.41, 5.74) is 3.68. The van der Waals surface area contributed by atoms with Crippen LogP contribution in [-0.4, -0.2) is 17.7 Å². The van der Waals surface area contributed by atoms with Crippen LogP contribution in [0.25, 0.3) is 0 Å². The summed E-state index contributed by atoms with van der Waals surface area (Å²) in [5, 5.41) is 2.91.